The summed E-state index contributed by atoms with van der Waals surface area (Å²) in [5.41, 5.74) is -1.54. The van der Waals surface area contributed by atoms with Gasteiger partial charge in [0, 0.05) is 29.1 Å². The summed E-state index contributed by atoms with van der Waals surface area (Å²) >= 11 is 13.0. The first-order valence-electron chi connectivity index (χ1n) is 12.0. The van der Waals surface area contributed by atoms with Gasteiger partial charge in [0.25, 0.3) is 15.9 Å². The minimum atomic E-state index is -4.69. The third kappa shape index (κ3) is 5.08. The molecule has 1 aromatic heterocycles. The van der Waals surface area contributed by atoms with E-state index in [0.29, 0.717) is 26.3 Å². The van der Waals surface area contributed by atoms with Crippen LogP contribution < -0.4 is 0 Å². The Morgan fingerprint density at radius 2 is 1.65 bits per heavy atom. The maximum absolute atomic E-state index is 13.8. The normalized spacial score (nSPS) is 15.4. The zero-order chi connectivity index (χ0) is 28.8. The van der Waals surface area contributed by atoms with Crippen LogP contribution in [0.1, 0.15) is 33.3 Å². The number of carbonyl (C=O) groups is 1. The van der Waals surface area contributed by atoms with Gasteiger partial charge in [-0.15, -0.1) is 0 Å². The molecule has 210 valence electrons. The molecular formula is C27H21Cl2F3N2O5S. The molecule has 1 saturated heterocycles. The van der Waals surface area contributed by atoms with E-state index in [4.69, 9.17) is 27.9 Å². The predicted molar refractivity (Wildman–Crippen MR) is 143 cm³/mol. The van der Waals surface area contributed by atoms with Gasteiger partial charge in [-0.25, -0.2) is 12.4 Å². The summed E-state index contributed by atoms with van der Waals surface area (Å²) < 4.78 is 74.0. The van der Waals surface area contributed by atoms with Crippen LogP contribution in [-0.2, 0) is 20.9 Å². The molecule has 0 aliphatic carbocycles. The summed E-state index contributed by atoms with van der Waals surface area (Å²) in [4.78, 5) is 14.5. The average Bonchev–Trinajstić information content (AvgIpc) is 3.33. The van der Waals surface area contributed by atoms with Crippen molar-refractivity contribution in [1.82, 2.24) is 8.87 Å². The number of rotatable bonds is 5. The molecule has 5 rings (SSSR count). The molecule has 1 aliphatic rings. The van der Waals surface area contributed by atoms with Gasteiger partial charge in [0.1, 0.15) is 6.10 Å². The molecule has 1 unspecified atom stereocenters. The van der Waals surface area contributed by atoms with Crippen LogP contribution in [0.2, 0.25) is 10.0 Å². The van der Waals surface area contributed by atoms with Crippen LogP contribution in [0.25, 0.3) is 10.9 Å². The fourth-order valence-corrected chi connectivity index (χ4v) is 6.84. The fourth-order valence-electron chi connectivity index (χ4n) is 4.61. The standard InChI is InChI=1S/C27H21Cl2F3N2O5S/c28-20-8-7-19(26(36)33-10-12-39-13-11-33)24(29)23(20)25(35)22-15-16-14-17(27(30,31)32)6-9-21(16)34(22)40(37,38)18-4-2-1-3-5-18/h1-9,14-15,25,35H,10-13H2. The van der Waals surface area contributed by atoms with Crippen molar-refractivity contribution in [2.75, 3.05) is 26.3 Å². The Morgan fingerprint density at radius 1 is 0.975 bits per heavy atom. The molecule has 1 fully saturated rings. The number of alkyl halides is 3. The fraction of sp³-hybridized carbons (Fsp3) is 0.222. The van der Waals surface area contributed by atoms with Crippen LogP contribution in [0.3, 0.4) is 0 Å². The van der Waals surface area contributed by atoms with Crippen molar-refractivity contribution in [1.29, 1.82) is 0 Å². The van der Waals surface area contributed by atoms with Crippen molar-refractivity contribution < 1.29 is 36.2 Å². The molecule has 1 aliphatic heterocycles. The molecular weight excluding hydrogens is 592 g/mol. The van der Waals surface area contributed by atoms with Crippen LogP contribution >= 0.6 is 23.2 Å². The number of aliphatic hydroxyl groups is 1. The lowest BCUT2D eigenvalue weighted by molar-refractivity contribution is -0.137. The smallest absolute Gasteiger partial charge is 0.382 e. The molecule has 1 amide bonds. The quantitative estimate of drug-likeness (QED) is 0.310. The highest BCUT2D eigenvalue weighted by Gasteiger charge is 2.34. The number of aliphatic hydroxyl groups excluding tert-OH is 1. The van der Waals surface area contributed by atoms with E-state index in [1.165, 1.54) is 41.3 Å². The summed E-state index contributed by atoms with van der Waals surface area (Å²) in [6.45, 7) is 1.31. The summed E-state index contributed by atoms with van der Waals surface area (Å²) in [6.07, 6.45) is -6.52. The topological polar surface area (TPSA) is 88.8 Å². The van der Waals surface area contributed by atoms with Crippen LogP contribution in [0.5, 0.6) is 0 Å². The number of amides is 1. The van der Waals surface area contributed by atoms with E-state index in [0.717, 1.165) is 28.2 Å². The number of carbonyl (C=O) groups excluding carboxylic acids is 1. The highest BCUT2D eigenvalue weighted by molar-refractivity contribution is 7.90. The molecule has 3 aromatic carbocycles. The second-order valence-corrected chi connectivity index (χ2v) is 11.6. The minimum absolute atomic E-state index is 0.0231. The van der Waals surface area contributed by atoms with Gasteiger partial charge in [-0.1, -0.05) is 41.4 Å². The number of nitrogens with zero attached hydrogens (tertiary/aromatic N) is 2. The van der Waals surface area contributed by atoms with E-state index in [9.17, 15) is 31.5 Å². The van der Waals surface area contributed by atoms with E-state index >= 15 is 0 Å². The van der Waals surface area contributed by atoms with Crippen molar-refractivity contribution in [3.8, 4) is 0 Å². The van der Waals surface area contributed by atoms with Crippen LogP contribution in [-0.4, -0.2) is 54.6 Å². The lowest BCUT2D eigenvalue weighted by atomic mass is 10.0. The van der Waals surface area contributed by atoms with Crippen molar-refractivity contribution >= 4 is 50.0 Å². The molecule has 0 spiro atoms. The Balaban J connectivity index is 1.71. The highest BCUT2D eigenvalue weighted by Crippen LogP contribution is 2.41. The third-order valence-electron chi connectivity index (χ3n) is 6.60. The predicted octanol–water partition coefficient (Wildman–Crippen LogP) is 5.76. The molecule has 40 heavy (non-hydrogen) atoms. The van der Waals surface area contributed by atoms with E-state index in [1.807, 2.05) is 0 Å². The molecule has 13 heteroatoms. The zero-order valence-corrected chi connectivity index (χ0v) is 22.9. The number of aromatic nitrogens is 1. The van der Waals surface area contributed by atoms with E-state index in [1.54, 1.807) is 6.07 Å². The first-order valence-corrected chi connectivity index (χ1v) is 14.2. The molecule has 7 nitrogen and oxygen atoms in total. The maximum atomic E-state index is 13.8. The van der Waals surface area contributed by atoms with Crippen molar-refractivity contribution in [3.63, 3.8) is 0 Å². The first-order chi connectivity index (χ1) is 18.9. The Morgan fingerprint density at radius 3 is 2.30 bits per heavy atom. The lowest BCUT2D eigenvalue weighted by Crippen LogP contribution is -2.40. The van der Waals surface area contributed by atoms with E-state index in [-0.39, 0.29) is 42.7 Å². The van der Waals surface area contributed by atoms with Gasteiger partial charge >= 0.3 is 6.18 Å². The third-order valence-corrected chi connectivity index (χ3v) is 9.09. The van der Waals surface area contributed by atoms with Gasteiger partial charge < -0.3 is 14.7 Å². The summed E-state index contributed by atoms with van der Waals surface area (Å²) in [5, 5.41) is 11.2. The van der Waals surface area contributed by atoms with Gasteiger partial charge in [-0.05, 0) is 48.5 Å². The molecule has 1 atom stereocenters. The Bertz CT molecular complexity index is 1700. The second kappa shape index (κ2) is 10.7. The Kier molecular flexibility index (Phi) is 7.62. The van der Waals surface area contributed by atoms with Crippen LogP contribution in [0.15, 0.2) is 71.6 Å². The largest absolute Gasteiger partial charge is 0.416 e. The molecule has 0 bridgehead atoms. The number of morpholine rings is 1. The number of hydrogen-bond acceptors (Lipinski definition) is 5. The maximum Gasteiger partial charge on any atom is 0.416 e. The number of benzene rings is 3. The summed E-state index contributed by atoms with van der Waals surface area (Å²) in [7, 11) is -4.42. The average molecular weight is 613 g/mol. The van der Waals surface area contributed by atoms with E-state index in [2.05, 4.69) is 0 Å². The van der Waals surface area contributed by atoms with Gasteiger partial charge in [0.2, 0.25) is 0 Å². The minimum Gasteiger partial charge on any atom is -0.382 e. The first kappa shape index (κ1) is 28.4. The number of hydrogen-bond donors (Lipinski definition) is 1. The summed E-state index contributed by atoms with van der Waals surface area (Å²) in [6, 6.07) is 13.7. The number of ether oxygens (including phenoxy) is 1. The van der Waals surface area contributed by atoms with Crippen LogP contribution in [0.4, 0.5) is 13.2 Å². The zero-order valence-electron chi connectivity index (χ0n) is 20.5. The number of halogens is 5. The van der Waals surface area contributed by atoms with Crippen molar-refractivity contribution in [3.05, 3.63) is 99.2 Å². The van der Waals surface area contributed by atoms with Crippen molar-refractivity contribution in [2.24, 2.45) is 0 Å². The molecule has 0 radical (unpaired) electrons. The lowest BCUT2D eigenvalue weighted by Gasteiger charge is -2.28. The molecule has 2 heterocycles. The van der Waals surface area contributed by atoms with Gasteiger partial charge in [-0.2, -0.15) is 13.2 Å². The van der Waals surface area contributed by atoms with Crippen LogP contribution in [0, 0.1) is 0 Å². The monoisotopic (exact) mass is 612 g/mol. The molecule has 0 saturated carbocycles. The Labute approximate surface area is 237 Å². The molecule has 1 N–H and O–H groups in total. The summed E-state index contributed by atoms with van der Waals surface area (Å²) in [5.74, 6) is -0.439. The molecule has 4 aromatic rings. The van der Waals surface area contributed by atoms with E-state index < -0.39 is 33.8 Å². The van der Waals surface area contributed by atoms with Gasteiger partial charge in [-0.3, -0.25) is 4.79 Å². The number of fused-ring (bicyclic) bond motifs is 1. The van der Waals surface area contributed by atoms with Gasteiger partial charge in [0.15, 0.2) is 0 Å². The SMILES string of the molecule is O=C(c1ccc(Cl)c(C(O)c2cc3cc(C(F)(F)F)ccc3n2S(=O)(=O)c2ccccc2)c1Cl)N1CCOCC1. The highest BCUT2D eigenvalue weighted by atomic mass is 35.5. The Hall–Kier alpha value is -3.09. The second-order valence-electron chi connectivity index (χ2n) is 9.05. The van der Waals surface area contributed by atoms with Gasteiger partial charge in [0.05, 0.1) is 45.5 Å². The van der Waals surface area contributed by atoms with Crippen molar-refractivity contribution in [2.45, 2.75) is 17.2 Å².